The van der Waals surface area contributed by atoms with E-state index in [-0.39, 0.29) is 0 Å². The topological polar surface area (TPSA) is 31.4 Å². The molecule has 0 amide bonds. The van der Waals surface area contributed by atoms with E-state index in [1.807, 2.05) is 31.3 Å². The molecule has 0 saturated carbocycles. The van der Waals surface area contributed by atoms with Crippen LogP contribution in [0.5, 0.6) is 11.6 Å². The van der Waals surface area contributed by atoms with Crippen molar-refractivity contribution in [3.05, 3.63) is 54.2 Å². The van der Waals surface area contributed by atoms with Crippen molar-refractivity contribution in [3.8, 4) is 22.8 Å². The molecular weight excluding hydrogens is 286 g/mol. The monoisotopic (exact) mass is 307 g/mol. The predicted octanol–water partition coefficient (Wildman–Crippen LogP) is 4.87. The summed E-state index contributed by atoms with van der Waals surface area (Å²) < 4.78 is 11.2. The van der Waals surface area contributed by atoms with Gasteiger partial charge in [-0.25, -0.2) is 4.98 Å². The minimum Gasteiger partial charge on any atom is -0.496 e. The van der Waals surface area contributed by atoms with Gasteiger partial charge in [0.05, 0.1) is 13.7 Å². The highest BCUT2D eigenvalue weighted by atomic mass is 16.5. The highest BCUT2D eigenvalue weighted by Crippen LogP contribution is 2.37. The average molecular weight is 307 g/mol. The van der Waals surface area contributed by atoms with Gasteiger partial charge in [0.2, 0.25) is 5.88 Å². The molecule has 0 aliphatic carbocycles. The van der Waals surface area contributed by atoms with Crippen LogP contribution >= 0.6 is 0 Å². The SMILES string of the molecule is CCOc1ncc(-c2ccccc2OC)c2ccc(CC)cc12. The molecule has 23 heavy (non-hydrogen) atoms. The number of para-hydroxylation sites is 1. The zero-order valence-corrected chi connectivity index (χ0v) is 13.8. The van der Waals surface area contributed by atoms with Crippen molar-refractivity contribution < 1.29 is 9.47 Å². The van der Waals surface area contributed by atoms with Crippen molar-refractivity contribution in [3.63, 3.8) is 0 Å². The Kier molecular flexibility index (Phi) is 4.47. The zero-order valence-electron chi connectivity index (χ0n) is 13.8. The van der Waals surface area contributed by atoms with E-state index in [9.17, 15) is 0 Å². The smallest absolute Gasteiger partial charge is 0.221 e. The molecule has 1 aromatic heterocycles. The van der Waals surface area contributed by atoms with Crippen LogP contribution < -0.4 is 9.47 Å². The quantitative estimate of drug-likeness (QED) is 0.674. The Morgan fingerprint density at radius 1 is 0.957 bits per heavy atom. The maximum Gasteiger partial charge on any atom is 0.221 e. The number of hydrogen-bond acceptors (Lipinski definition) is 3. The molecule has 2 aromatic carbocycles. The summed E-state index contributed by atoms with van der Waals surface area (Å²) in [6, 6.07) is 14.5. The van der Waals surface area contributed by atoms with Gasteiger partial charge >= 0.3 is 0 Å². The van der Waals surface area contributed by atoms with Gasteiger partial charge < -0.3 is 9.47 Å². The fourth-order valence-electron chi connectivity index (χ4n) is 2.82. The number of pyridine rings is 1. The van der Waals surface area contributed by atoms with E-state index in [0.717, 1.165) is 34.1 Å². The number of nitrogens with zero attached hydrogens (tertiary/aromatic N) is 1. The summed E-state index contributed by atoms with van der Waals surface area (Å²) in [7, 11) is 1.69. The maximum atomic E-state index is 5.72. The molecule has 3 rings (SSSR count). The molecule has 0 spiro atoms. The number of fused-ring (bicyclic) bond motifs is 1. The molecular formula is C20H21NO2. The molecule has 118 valence electrons. The van der Waals surface area contributed by atoms with Crippen molar-refractivity contribution in [2.75, 3.05) is 13.7 Å². The second-order valence-corrected chi connectivity index (χ2v) is 5.34. The van der Waals surface area contributed by atoms with Crippen molar-refractivity contribution in [2.24, 2.45) is 0 Å². The van der Waals surface area contributed by atoms with E-state index >= 15 is 0 Å². The third-order valence-corrected chi connectivity index (χ3v) is 4.00. The highest BCUT2D eigenvalue weighted by molar-refractivity contribution is 6.00. The lowest BCUT2D eigenvalue weighted by atomic mass is 9.98. The van der Waals surface area contributed by atoms with Gasteiger partial charge in [-0.3, -0.25) is 0 Å². The van der Waals surface area contributed by atoms with Gasteiger partial charge in [-0.05, 0) is 36.4 Å². The van der Waals surface area contributed by atoms with Crippen molar-refractivity contribution in [1.82, 2.24) is 4.98 Å². The van der Waals surface area contributed by atoms with Gasteiger partial charge in [-0.1, -0.05) is 37.3 Å². The molecule has 0 aliphatic heterocycles. The summed E-state index contributed by atoms with van der Waals surface area (Å²) in [5.74, 6) is 1.54. The molecule has 0 fully saturated rings. The standard InChI is InChI=1S/C20H21NO2/c1-4-14-10-11-15-17(12-14)20(23-5-2)21-13-18(15)16-8-6-7-9-19(16)22-3/h6-13H,4-5H2,1-3H3. The van der Waals surface area contributed by atoms with Gasteiger partial charge in [-0.15, -0.1) is 0 Å². The lowest BCUT2D eigenvalue weighted by Crippen LogP contribution is -1.97. The normalized spacial score (nSPS) is 10.7. The van der Waals surface area contributed by atoms with Gasteiger partial charge in [0, 0.05) is 22.7 Å². The first-order valence-corrected chi connectivity index (χ1v) is 7.96. The summed E-state index contributed by atoms with van der Waals surface area (Å²) in [5, 5.41) is 2.18. The molecule has 0 bridgehead atoms. The fourth-order valence-corrected chi connectivity index (χ4v) is 2.82. The van der Waals surface area contributed by atoms with Crippen LogP contribution in [0.15, 0.2) is 48.7 Å². The van der Waals surface area contributed by atoms with E-state index < -0.39 is 0 Å². The minimum atomic E-state index is 0.604. The van der Waals surface area contributed by atoms with Crippen LogP contribution in [0.25, 0.3) is 21.9 Å². The number of methoxy groups -OCH3 is 1. The van der Waals surface area contributed by atoms with E-state index in [1.54, 1.807) is 7.11 Å². The van der Waals surface area contributed by atoms with Crippen LogP contribution in [0.4, 0.5) is 0 Å². The van der Waals surface area contributed by atoms with E-state index in [2.05, 4.69) is 36.2 Å². The fraction of sp³-hybridized carbons (Fsp3) is 0.250. The number of aromatic nitrogens is 1. The van der Waals surface area contributed by atoms with Gasteiger partial charge in [0.25, 0.3) is 0 Å². The molecule has 3 heteroatoms. The molecule has 0 unspecified atom stereocenters. The van der Waals surface area contributed by atoms with Gasteiger partial charge in [-0.2, -0.15) is 0 Å². The second kappa shape index (κ2) is 6.69. The van der Waals surface area contributed by atoms with Crippen LogP contribution in [0, 0.1) is 0 Å². The largest absolute Gasteiger partial charge is 0.496 e. The Bertz CT molecular complexity index is 827. The summed E-state index contributed by atoms with van der Waals surface area (Å²) >= 11 is 0. The van der Waals surface area contributed by atoms with Crippen LogP contribution in [-0.2, 0) is 6.42 Å². The van der Waals surface area contributed by atoms with Crippen LogP contribution in [0.2, 0.25) is 0 Å². The molecule has 0 aliphatic rings. The first-order chi connectivity index (χ1) is 11.3. The van der Waals surface area contributed by atoms with E-state index in [0.29, 0.717) is 12.5 Å². The molecule has 0 radical (unpaired) electrons. The molecule has 3 aromatic rings. The molecule has 0 N–H and O–H groups in total. The van der Waals surface area contributed by atoms with Crippen molar-refractivity contribution in [2.45, 2.75) is 20.3 Å². The molecule has 1 heterocycles. The Morgan fingerprint density at radius 3 is 2.52 bits per heavy atom. The average Bonchev–Trinajstić information content (AvgIpc) is 2.61. The number of hydrogen-bond donors (Lipinski definition) is 0. The zero-order chi connectivity index (χ0) is 16.2. The second-order valence-electron chi connectivity index (χ2n) is 5.34. The van der Waals surface area contributed by atoms with Gasteiger partial charge in [0.15, 0.2) is 0 Å². The van der Waals surface area contributed by atoms with Crippen LogP contribution in [-0.4, -0.2) is 18.7 Å². The molecule has 0 saturated heterocycles. The Morgan fingerprint density at radius 2 is 1.78 bits per heavy atom. The summed E-state index contributed by atoms with van der Waals surface area (Å²) in [6.45, 7) is 4.73. The third kappa shape index (κ3) is 2.87. The van der Waals surface area contributed by atoms with Crippen LogP contribution in [0.3, 0.4) is 0 Å². The predicted molar refractivity (Wildman–Crippen MR) is 94.3 cm³/mol. The lowest BCUT2D eigenvalue weighted by Gasteiger charge is -2.14. The lowest BCUT2D eigenvalue weighted by molar-refractivity contribution is 0.331. The maximum absolute atomic E-state index is 5.72. The van der Waals surface area contributed by atoms with E-state index in [4.69, 9.17) is 9.47 Å². The Balaban J connectivity index is 2.28. The number of ether oxygens (including phenoxy) is 2. The summed E-state index contributed by atoms with van der Waals surface area (Å²) in [5.41, 5.74) is 3.38. The number of rotatable bonds is 5. The highest BCUT2D eigenvalue weighted by Gasteiger charge is 2.13. The number of aryl methyl sites for hydroxylation is 1. The minimum absolute atomic E-state index is 0.604. The first kappa shape index (κ1) is 15.3. The summed E-state index contributed by atoms with van der Waals surface area (Å²) in [4.78, 5) is 4.55. The Hall–Kier alpha value is -2.55. The van der Waals surface area contributed by atoms with Crippen LogP contribution in [0.1, 0.15) is 19.4 Å². The van der Waals surface area contributed by atoms with Gasteiger partial charge in [0.1, 0.15) is 5.75 Å². The Labute approximate surface area is 136 Å². The van der Waals surface area contributed by atoms with Crippen molar-refractivity contribution in [1.29, 1.82) is 0 Å². The first-order valence-electron chi connectivity index (χ1n) is 7.96. The summed E-state index contributed by atoms with van der Waals surface area (Å²) in [6.07, 6.45) is 2.86. The number of benzene rings is 2. The third-order valence-electron chi connectivity index (χ3n) is 4.00. The molecule has 0 atom stereocenters. The van der Waals surface area contributed by atoms with E-state index in [1.165, 1.54) is 5.56 Å². The molecule has 3 nitrogen and oxygen atoms in total. The van der Waals surface area contributed by atoms with Crippen molar-refractivity contribution >= 4 is 10.8 Å².